The average molecular weight is 235 g/mol. The number of para-hydroxylation sites is 1. The van der Waals surface area contributed by atoms with Crippen molar-refractivity contribution in [3.63, 3.8) is 0 Å². The lowest BCUT2D eigenvalue weighted by Crippen LogP contribution is -2.35. The number of carbonyl (C=O) groups is 2. The Hall–Kier alpha value is -2.04. The molecule has 1 aromatic rings. The van der Waals surface area contributed by atoms with Crippen molar-refractivity contribution in [2.45, 2.75) is 13.0 Å². The van der Waals surface area contributed by atoms with Crippen LogP contribution in [0, 0.1) is 0 Å². The van der Waals surface area contributed by atoms with Crippen LogP contribution in [0.1, 0.15) is 18.5 Å². The van der Waals surface area contributed by atoms with Crippen molar-refractivity contribution in [2.24, 2.45) is 0 Å². The van der Waals surface area contributed by atoms with Gasteiger partial charge in [-0.1, -0.05) is 18.2 Å². The second kappa shape index (κ2) is 4.86. The normalized spacial score (nSPS) is 18.4. The molecule has 1 amide bonds. The van der Waals surface area contributed by atoms with Gasteiger partial charge in [0.1, 0.15) is 5.75 Å². The summed E-state index contributed by atoms with van der Waals surface area (Å²) in [6.45, 7) is 1.90. The standard InChI is InChI=1S/C12H13NO4/c1-2-16-12(15)11-8-5-3-4-6-9(8)17-7-10(14)13-11/h3-6,11H,2,7H2,1H3,(H,13,14). The molecular weight excluding hydrogens is 222 g/mol. The highest BCUT2D eigenvalue weighted by Crippen LogP contribution is 2.27. The minimum atomic E-state index is -0.791. The summed E-state index contributed by atoms with van der Waals surface area (Å²) in [4.78, 5) is 23.2. The van der Waals surface area contributed by atoms with Crippen LogP contribution in [0.2, 0.25) is 0 Å². The van der Waals surface area contributed by atoms with E-state index in [9.17, 15) is 9.59 Å². The van der Waals surface area contributed by atoms with E-state index in [0.717, 1.165) is 0 Å². The number of nitrogens with one attached hydrogen (secondary N) is 1. The monoisotopic (exact) mass is 235 g/mol. The predicted octanol–water partition coefficient (Wildman–Crippen LogP) is 0.799. The van der Waals surface area contributed by atoms with E-state index in [0.29, 0.717) is 11.3 Å². The lowest BCUT2D eigenvalue weighted by molar-refractivity contribution is -0.147. The Morgan fingerprint density at radius 3 is 3.06 bits per heavy atom. The van der Waals surface area contributed by atoms with E-state index in [4.69, 9.17) is 9.47 Å². The van der Waals surface area contributed by atoms with Crippen LogP contribution in [0.4, 0.5) is 0 Å². The Morgan fingerprint density at radius 1 is 1.53 bits per heavy atom. The molecule has 1 aliphatic rings. The van der Waals surface area contributed by atoms with Crippen LogP contribution in [0.25, 0.3) is 0 Å². The minimum Gasteiger partial charge on any atom is -0.483 e. The van der Waals surface area contributed by atoms with Gasteiger partial charge < -0.3 is 14.8 Å². The van der Waals surface area contributed by atoms with Gasteiger partial charge in [-0.2, -0.15) is 0 Å². The molecule has 1 unspecified atom stereocenters. The maximum absolute atomic E-state index is 11.8. The molecule has 1 atom stereocenters. The molecule has 2 rings (SSSR count). The molecular formula is C12H13NO4. The smallest absolute Gasteiger partial charge is 0.333 e. The number of hydrogen-bond donors (Lipinski definition) is 1. The molecule has 17 heavy (non-hydrogen) atoms. The first-order valence-corrected chi connectivity index (χ1v) is 5.40. The fraction of sp³-hybridized carbons (Fsp3) is 0.333. The van der Waals surface area contributed by atoms with Crippen LogP contribution >= 0.6 is 0 Å². The first-order chi connectivity index (χ1) is 8.22. The Kier molecular flexibility index (Phi) is 3.27. The van der Waals surface area contributed by atoms with Gasteiger partial charge in [-0.25, -0.2) is 4.79 Å². The van der Waals surface area contributed by atoms with Gasteiger partial charge >= 0.3 is 5.97 Å². The predicted molar refractivity (Wildman–Crippen MR) is 59.5 cm³/mol. The van der Waals surface area contributed by atoms with E-state index in [-0.39, 0.29) is 19.1 Å². The Labute approximate surface area is 98.7 Å². The van der Waals surface area contributed by atoms with E-state index in [1.807, 2.05) is 0 Å². The van der Waals surface area contributed by atoms with Crippen LogP contribution in [0.3, 0.4) is 0 Å². The molecule has 0 spiro atoms. The van der Waals surface area contributed by atoms with Crippen molar-refractivity contribution < 1.29 is 19.1 Å². The summed E-state index contributed by atoms with van der Waals surface area (Å²) >= 11 is 0. The summed E-state index contributed by atoms with van der Waals surface area (Å²) in [7, 11) is 0. The van der Waals surface area contributed by atoms with E-state index in [2.05, 4.69) is 5.32 Å². The first-order valence-electron chi connectivity index (χ1n) is 5.40. The number of ether oxygens (including phenoxy) is 2. The third-order valence-corrected chi connectivity index (χ3v) is 2.42. The van der Waals surface area contributed by atoms with Crippen molar-refractivity contribution in [2.75, 3.05) is 13.2 Å². The maximum atomic E-state index is 11.8. The summed E-state index contributed by atoms with van der Waals surface area (Å²) in [5.74, 6) is -0.276. The number of hydrogen-bond acceptors (Lipinski definition) is 4. The van der Waals surface area contributed by atoms with Gasteiger partial charge in [-0.05, 0) is 13.0 Å². The molecule has 5 heteroatoms. The van der Waals surface area contributed by atoms with Crippen molar-refractivity contribution in [1.29, 1.82) is 0 Å². The molecule has 0 aliphatic carbocycles. The van der Waals surface area contributed by atoms with Crippen LogP contribution in [-0.4, -0.2) is 25.1 Å². The molecule has 0 saturated carbocycles. The number of amides is 1. The van der Waals surface area contributed by atoms with Gasteiger partial charge in [-0.3, -0.25) is 4.79 Å². The summed E-state index contributed by atoms with van der Waals surface area (Å²) in [5.41, 5.74) is 0.622. The highest BCUT2D eigenvalue weighted by atomic mass is 16.5. The summed E-state index contributed by atoms with van der Waals surface area (Å²) in [6.07, 6.45) is 0. The molecule has 1 N–H and O–H groups in total. The van der Waals surface area contributed by atoms with Gasteiger partial charge in [0, 0.05) is 5.56 Å². The summed E-state index contributed by atoms with van der Waals surface area (Å²) in [5, 5.41) is 2.58. The van der Waals surface area contributed by atoms with E-state index >= 15 is 0 Å². The molecule has 0 aromatic heterocycles. The van der Waals surface area contributed by atoms with Gasteiger partial charge in [0.05, 0.1) is 6.61 Å². The maximum Gasteiger partial charge on any atom is 0.333 e. The zero-order valence-electron chi connectivity index (χ0n) is 9.43. The van der Waals surface area contributed by atoms with Crippen LogP contribution < -0.4 is 10.1 Å². The van der Waals surface area contributed by atoms with Gasteiger partial charge in [0.15, 0.2) is 12.6 Å². The molecule has 0 saturated heterocycles. The van der Waals surface area contributed by atoms with E-state index in [1.165, 1.54) is 0 Å². The second-order valence-corrected chi connectivity index (χ2v) is 3.58. The fourth-order valence-corrected chi connectivity index (χ4v) is 1.69. The van der Waals surface area contributed by atoms with E-state index < -0.39 is 12.0 Å². The van der Waals surface area contributed by atoms with Gasteiger partial charge in [-0.15, -0.1) is 0 Å². The third kappa shape index (κ3) is 2.38. The number of carbonyl (C=O) groups excluding carboxylic acids is 2. The largest absolute Gasteiger partial charge is 0.483 e. The van der Waals surface area contributed by atoms with Gasteiger partial charge in [0.2, 0.25) is 0 Å². The topological polar surface area (TPSA) is 64.6 Å². The zero-order valence-corrected chi connectivity index (χ0v) is 9.43. The number of benzene rings is 1. The zero-order chi connectivity index (χ0) is 12.3. The highest BCUT2D eigenvalue weighted by molar-refractivity contribution is 5.87. The number of fused-ring (bicyclic) bond motifs is 1. The summed E-state index contributed by atoms with van der Waals surface area (Å²) < 4.78 is 10.2. The molecule has 1 aliphatic heterocycles. The number of rotatable bonds is 2. The fourth-order valence-electron chi connectivity index (χ4n) is 1.69. The lowest BCUT2D eigenvalue weighted by atomic mass is 10.1. The van der Waals surface area contributed by atoms with E-state index in [1.54, 1.807) is 31.2 Å². The van der Waals surface area contributed by atoms with Crippen molar-refractivity contribution in [3.05, 3.63) is 29.8 Å². The quantitative estimate of drug-likeness (QED) is 0.770. The Morgan fingerprint density at radius 2 is 2.29 bits per heavy atom. The SMILES string of the molecule is CCOC(=O)C1NC(=O)COc2ccccc21. The third-order valence-electron chi connectivity index (χ3n) is 2.42. The molecule has 1 heterocycles. The molecule has 90 valence electrons. The van der Waals surface area contributed by atoms with Crippen molar-refractivity contribution in [3.8, 4) is 5.75 Å². The molecule has 0 bridgehead atoms. The van der Waals surface area contributed by atoms with Crippen molar-refractivity contribution in [1.82, 2.24) is 5.32 Å². The molecule has 0 fully saturated rings. The van der Waals surface area contributed by atoms with Crippen LogP contribution in [0.5, 0.6) is 5.75 Å². The second-order valence-electron chi connectivity index (χ2n) is 3.58. The molecule has 5 nitrogen and oxygen atoms in total. The van der Waals surface area contributed by atoms with Crippen LogP contribution in [-0.2, 0) is 14.3 Å². The lowest BCUT2D eigenvalue weighted by Gasteiger charge is -2.15. The first kappa shape index (κ1) is 11.4. The molecule has 0 radical (unpaired) electrons. The average Bonchev–Trinajstić information content (AvgIpc) is 2.50. The van der Waals surface area contributed by atoms with Crippen LogP contribution in [0.15, 0.2) is 24.3 Å². The Bertz CT molecular complexity index is 444. The molecule has 1 aromatic carbocycles. The minimum absolute atomic E-state index is 0.0904. The highest BCUT2D eigenvalue weighted by Gasteiger charge is 2.29. The number of esters is 1. The van der Waals surface area contributed by atoms with Crippen molar-refractivity contribution >= 4 is 11.9 Å². The van der Waals surface area contributed by atoms with Gasteiger partial charge in [0.25, 0.3) is 5.91 Å². The summed E-state index contributed by atoms with van der Waals surface area (Å²) in [6, 6.07) is 6.24. The Balaban J connectivity index is 2.35.